The lowest BCUT2D eigenvalue weighted by molar-refractivity contribution is -0.306. The average Bonchev–Trinajstić information content (AvgIpc) is 3.42. The number of rotatable bonds is 4. The molecule has 1 atom stereocenters. The molecule has 3 saturated heterocycles. The van der Waals surface area contributed by atoms with Gasteiger partial charge in [-0.3, -0.25) is 4.90 Å². The van der Waals surface area contributed by atoms with Crippen LogP contribution in [0.3, 0.4) is 0 Å². The highest BCUT2D eigenvalue weighted by atomic mass is 19.4. The quantitative estimate of drug-likeness (QED) is 0.434. The molecule has 0 radical (unpaired) electrons. The molecular weight excluding hydrogens is 533 g/mol. The van der Waals surface area contributed by atoms with Gasteiger partial charge < -0.3 is 14.9 Å². The topological polar surface area (TPSA) is 47.0 Å². The van der Waals surface area contributed by atoms with Gasteiger partial charge in [0, 0.05) is 50.0 Å². The van der Waals surface area contributed by atoms with E-state index < -0.39 is 54.1 Å². The largest absolute Gasteiger partial charge is 0.465 e. The summed E-state index contributed by atoms with van der Waals surface area (Å²) < 4.78 is 127. The monoisotopic (exact) mass is 561 g/mol. The smallest absolute Gasteiger partial charge is 0.416 e. The predicted molar refractivity (Wildman–Crippen MR) is 119 cm³/mol. The minimum absolute atomic E-state index is 0.110. The second-order valence-electron chi connectivity index (χ2n) is 10.4. The van der Waals surface area contributed by atoms with Crippen LogP contribution in [0.1, 0.15) is 43.2 Å². The normalized spacial score (nSPS) is 23.2. The van der Waals surface area contributed by atoms with Crippen LogP contribution in [0.4, 0.5) is 50.0 Å². The number of benzene rings is 1. The highest BCUT2D eigenvalue weighted by Gasteiger charge is 2.67. The minimum atomic E-state index is -5.70. The molecule has 38 heavy (non-hydrogen) atoms. The molecule has 5 nitrogen and oxygen atoms in total. The van der Waals surface area contributed by atoms with Crippen molar-refractivity contribution in [1.29, 1.82) is 0 Å². The van der Waals surface area contributed by atoms with Crippen molar-refractivity contribution in [2.24, 2.45) is 11.3 Å². The summed E-state index contributed by atoms with van der Waals surface area (Å²) in [5.74, 6) is -3.79. The van der Waals surface area contributed by atoms with Crippen molar-refractivity contribution in [1.82, 2.24) is 9.80 Å². The summed E-state index contributed by atoms with van der Waals surface area (Å²) in [6.07, 6.45) is -16.8. The molecular formula is C24H28F9N3O2. The predicted octanol–water partition coefficient (Wildman–Crippen LogP) is 6.38. The Balaban J connectivity index is 1.79. The number of amides is 1. The number of alkyl halides is 9. The van der Waals surface area contributed by atoms with Gasteiger partial charge >= 0.3 is 24.6 Å². The fourth-order valence-corrected chi connectivity index (χ4v) is 6.48. The Morgan fingerprint density at radius 3 is 1.95 bits per heavy atom. The lowest BCUT2D eigenvalue weighted by Gasteiger charge is -2.47. The molecule has 3 aliphatic heterocycles. The third-order valence-electron chi connectivity index (χ3n) is 8.23. The number of carboxylic acid groups (broad SMARTS) is 1. The van der Waals surface area contributed by atoms with Gasteiger partial charge in [-0.25, -0.2) is 4.79 Å². The third-order valence-corrected chi connectivity index (χ3v) is 8.23. The number of carbonyl (C=O) groups is 1. The van der Waals surface area contributed by atoms with E-state index in [9.17, 15) is 49.4 Å². The van der Waals surface area contributed by atoms with E-state index in [1.807, 2.05) is 0 Å². The number of piperidine rings is 1. The number of likely N-dealkylation sites (tertiary alicyclic amines) is 2. The Hall–Kier alpha value is -2.38. The van der Waals surface area contributed by atoms with E-state index in [0.29, 0.717) is 25.9 Å². The van der Waals surface area contributed by atoms with Crippen LogP contribution in [-0.4, -0.2) is 72.1 Å². The van der Waals surface area contributed by atoms with Crippen molar-refractivity contribution < 1.29 is 49.4 Å². The van der Waals surface area contributed by atoms with Crippen LogP contribution in [0.5, 0.6) is 0 Å². The van der Waals surface area contributed by atoms with Crippen LogP contribution in [0, 0.1) is 11.3 Å². The summed E-state index contributed by atoms with van der Waals surface area (Å²) >= 11 is 0. The second-order valence-corrected chi connectivity index (χ2v) is 10.4. The van der Waals surface area contributed by atoms with Crippen LogP contribution in [-0.2, 0) is 12.7 Å². The molecule has 1 aromatic carbocycles. The standard InChI is InChI=1S/C24H28F9N3O2/c25-22(26,27)16-4-3-5-17(34-9-1-2-10-34)15(16)14-36-13-8-21(6-11-35(12-7-21)20(37)38)19(36)18(23(28,29)30)24(31,32)33/h3-5,18-19H,1-2,6-14H2,(H,37,38). The lowest BCUT2D eigenvalue weighted by atomic mass is 9.68. The zero-order chi connectivity index (χ0) is 28.1. The highest BCUT2D eigenvalue weighted by Crippen LogP contribution is 2.56. The molecule has 214 valence electrons. The Morgan fingerprint density at radius 2 is 1.45 bits per heavy atom. The zero-order valence-electron chi connectivity index (χ0n) is 20.3. The lowest BCUT2D eigenvalue weighted by Crippen LogP contribution is -2.58. The summed E-state index contributed by atoms with van der Waals surface area (Å²) in [4.78, 5) is 14.9. The first-order valence-electron chi connectivity index (χ1n) is 12.3. The first kappa shape index (κ1) is 28.6. The van der Waals surface area contributed by atoms with Gasteiger partial charge in [-0.1, -0.05) is 6.07 Å². The Labute approximate surface area is 213 Å². The van der Waals surface area contributed by atoms with Gasteiger partial charge in [-0.05, 0) is 56.2 Å². The molecule has 0 bridgehead atoms. The molecule has 14 heteroatoms. The average molecular weight is 561 g/mol. The van der Waals surface area contributed by atoms with Crippen LogP contribution < -0.4 is 4.90 Å². The number of halogens is 9. The maximum atomic E-state index is 14.1. The van der Waals surface area contributed by atoms with E-state index >= 15 is 0 Å². The van der Waals surface area contributed by atoms with Crippen molar-refractivity contribution >= 4 is 11.8 Å². The first-order valence-corrected chi connectivity index (χ1v) is 12.3. The van der Waals surface area contributed by atoms with E-state index in [4.69, 9.17) is 0 Å². The van der Waals surface area contributed by atoms with Gasteiger partial charge in [-0.15, -0.1) is 0 Å². The number of hydrogen-bond acceptors (Lipinski definition) is 3. The molecule has 3 heterocycles. The summed E-state index contributed by atoms with van der Waals surface area (Å²) in [5.41, 5.74) is -2.82. The molecule has 1 spiro atoms. The van der Waals surface area contributed by atoms with Crippen molar-refractivity contribution in [3.05, 3.63) is 29.3 Å². The highest BCUT2D eigenvalue weighted by molar-refractivity contribution is 5.65. The molecule has 4 rings (SSSR count). The van der Waals surface area contributed by atoms with E-state index in [0.717, 1.165) is 15.9 Å². The van der Waals surface area contributed by atoms with Gasteiger partial charge in [0.2, 0.25) is 0 Å². The minimum Gasteiger partial charge on any atom is -0.465 e. The molecule has 3 aliphatic rings. The third kappa shape index (κ3) is 5.50. The number of hydrogen-bond donors (Lipinski definition) is 1. The Kier molecular flexibility index (Phi) is 7.52. The first-order chi connectivity index (χ1) is 17.5. The van der Waals surface area contributed by atoms with Gasteiger partial charge in [0.05, 0.1) is 5.56 Å². The summed E-state index contributed by atoms with van der Waals surface area (Å²) in [5, 5.41) is 9.24. The fraction of sp³-hybridized carbons (Fsp3) is 0.708. The van der Waals surface area contributed by atoms with Crippen LogP contribution in [0.25, 0.3) is 0 Å². The Bertz CT molecular complexity index is 997. The van der Waals surface area contributed by atoms with E-state index in [1.165, 1.54) is 12.1 Å². The van der Waals surface area contributed by atoms with Gasteiger partial charge in [0.25, 0.3) is 0 Å². The van der Waals surface area contributed by atoms with E-state index in [-0.39, 0.29) is 50.1 Å². The molecule has 0 saturated carbocycles. The van der Waals surface area contributed by atoms with Crippen LogP contribution in [0.2, 0.25) is 0 Å². The van der Waals surface area contributed by atoms with Crippen molar-refractivity contribution in [2.45, 2.75) is 63.2 Å². The Morgan fingerprint density at radius 1 is 0.895 bits per heavy atom. The van der Waals surface area contributed by atoms with E-state index in [1.54, 1.807) is 4.90 Å². The second kappa shape index (κ2) is 9.98. The van der Waals surface area contributed by atoms with Gasteiger partial charge in [0.15, 0.2) is 5.92 Å². The van der Waals surface area contributed by atoms with Crippen LogP contribution in [0.15, 0.2) is 18.2 Å². The summed E-state index contributed by atoms with van der Waals surface area (Å²) in [6, 6.07) is 1.23. The molecule has 1 N–H and O–H groups in total. The molecule has 0 aromatic heterocycles. The van der Waals surface area contributed by atoms with Crippen molar-refractivity contribution in [2.75, 3.05) is 37.6 Å². The molecule has 1 aromatic rings. The molecule has 1 amide bonds. The zero-order valence-corrected chi connectivity index (χ0v) is 20.3. The molecule has 3 fully saturated rings. The van der Waals surface area contributed by atoms with Crippen molar-refractivity contribution in [3.8, 4) is 0 Å². The maximum absolute atomic E-state index is 14.1. The van der Waals surface area contributed by atoms with E-state index in [2.05, 4.69) is 0 Å². The van der Waals surface area contributed by atoms with Gasteiger partial charge in [0.1, 0.15) is 0 Å². The molecule has 0 aliphatic carbocycles. The maximum Gasteiger partial charge on any atom is 0.416 e. The number of anilines is 1. The van der Waals surface area contributed by atoms with Crippen LogP contribution >= 0.6 is 0 Å². The van der Waals surface area contributed by atoms with Crippen molar-refractivity contribution in [3.63, 3.8) is 0 Å². The summed E-state index contributed by atoms with van der Waals surface area (Å²) in [7, 11) is 0. The van der Waals surface area contributed by atoms with Gasteiger partial charge in [-0.2, -0.15) is 39.5 Å². The summed E-state index contributed by atoms with van der Waals surface area (Å²) in [6.45, 7) is -0.646. The number of nitrogens with zero attached hydrogens (tertiary/aromatic N) is 3. The fourth-order valence-electron chi connectivity index (χ4n) is 6.48. The SMILES string of the molecule is O=C(O)N1CCC2(CC1)CCN(Cc1c(N3CCCC3)cccc1C(F)(F)F)C2C(C(F)(F)F)C(F)(F)F. The molecule has 1 unspecified atom stereocenters.